The minimum absolute atomic E-state index is 0.447. The van der Waals surface area contributed by atoms with Crippen LogP contribution in [0.1, 0.15) is 10.5 Å². The van der Waals surface area contributed by atoms with Gasteiger partial charge >= 0.3 is 5.38 Å². The van der Waals surface area contributed by atoms with Crippen molar-refractivity contribution in [1.82, 2.24) is 15.0 Å². The fourth-order valence-electron chi connectivity index (χ4n) is 0.597. The van der Waals surface area contributed by atoms with Crippen molar-refractivity contribution in [3.05, 3.63) is 11.9 Å². The summed E-state index contributed by atoms with van der Waals surface area (Å²) >= 11 is 4.47. The number of Topliss-reactive ketones (excluding diaryl/α,β-unsaturated/α-hetero) is 1. The van der Waals surface area contributed by atoms with Crippen molar-refractivity contribution in [2.24, 2.45) is 7.05 Å². The Balaban J connectivity index is 2.93. The lowest BCUT2D eigenvalue weighted by molar-refractivity contribution is 0.0530. The number of aryl methyl sites for hydroxylation is 1. The Hall–Kier alpha value is -1.04. The number of nitrogens with zero attached hydrogens (tertiary/aromatic N) is 3. The van der Waals surface area contributed by atoms with Crippen molar-refractivity contribution < 1.29 is 13.6 Å². The molecule has 0 aromatic carbocycles. The van der Waals surface area contributed by atoms with Crippen LogP contribution in [0.4, 0.5) is 8.78 Å². The average molecular weight is 196 g/mol. The lowest BCUT2D eigenvalue weighted by Crippen LogP contribution is -2.21. The van der Waals surface area contributed by atoms with Gasteiger partial charge in [-0.05, 0) is 11.6 Å². The molecule has 4 nitrogen and oxygen atoms in total. The predicted molar refractivity (Wildman–Crippen MR) is 36.1 cm³/mol. The van der Waals surface area contributed by atoms with Gasteiger partial charge in [-0.2, -0.15) is 8.78 Å². The van der Waals surface area contributed by atoms with Crippen LogP contribution in [-0.2, 0) is 7.05 Å². The van der Waals surface area contributed by atoms with Gasteiger partial charge in [-0.25, -0.2) is 0 Å². The molecular weight excluding hydrogens is 192 g/mol. The topological polar surface area (TPSA) is 47.8 Å². The molecule has 1 aromatic heterocycles. The summed E-state index contributed by atoms with van der Waals surface area (Å²) in [6.45, 7) is 0. The maximum absolute atomic E-state index is 12.1. The van der Waals surface area contributed by atoms with Crippen LogP contribution >= 0.6 is 11.6 Å². The van der Waals surface area contributed by atoms with Gasteiger partial charge in [-0.3, -0.25) is 9.48 Å². The first-order valence-electron chi connectivity index (χ1n) is 2.89. The zero-order valence-electron chi connectivity index (χ0n) is 5.96. The smallest absolute Gasteiger partial charge is 0.284 e. The van der Waals surface area contributed by atoms with Crippen LogP contribution in [0.5, 0.6) is 0 Å². The Morgan fingerprint density at radius 2 is 2.33 bits per heavy atom. The molecule has 66 valence electrons. The van der Waals surface area contributed by atoms with Gasteiger partial charge in [0.05, 0.1) is 6.20 Å². The highest BCUT2D eigenvalue weighted by Gasteiger charge is 2.38. The summed E-state index contributed by atoms with van der Waals surface area (Å²) in [5.41, 5.74) is -0.447. The number of rotatable bonds is 2. The van der Waals surface area contributed by atoms with Crippen molar-refractivity contribution in [1.29, 1.82) is 0 Å². The van der Waals surface area contributed by atoms with Crippen LogP contribution in [0.3, 0.4) is 0 Å². The van der Waals surface area contributed by atoms with Gasteiger partial charge in [-0.1, -0.05) is 5.21 Å². The van der Waals surface area contributed by atoms with E-state index in [-0.39, 0.29) is 0 Å². The Kier molecular flexibility index (Phi) is 2.10. The maximum Gasteiger partial charge on any atom is 0.386 e. The van der Waals surface area contributed by atoms with Crippen molar-refractivity contribution in [3.63, 3.8) is 0 Å². The molecule has 0 saturated carbocycles. The van der Waals surface area contributed by atoms with E-state index >= 15 is 0 Å². The van der Waals surface area contributed by atoms with Gasteiger partial charge in [0.1, 0.15) is 0 Å². The van der Waals surface area contributed by atoms with Gasteiger partial charge in [0.25, 0.3) is 5.78 Å². The molecule has 0 bridgehead atoms. The standard InChI is InChI=1S/C5H4ClF2N3O/c1-11-2-3(9-10-11)4(12)5(6,7)8/h2H,1H3. The summed E-state index contributed by atoms with van der Waals surface area (Å²) in [5.74, 6) is -1.54. The van der Waals surface area contributed by atoms with E-state index in [1.165, 1.54) is 7.05 Å². The predicted octanol–water partition coefficient (Wildman–Crippen LogP) is 0.829. The number of aromatic nitrogens is 3. The van der Waals surface area contributed by atoms with Gasteiger partial charge in [0.2, 0.25) is 0 Å². The first-order valence-corrected chi connectivity index (χ1v) is 3.27. The van der Waals surface area contributed by atoms with Gasteiger partial charge in [0, 0.05) is 7.05 Å². The van der Waals surface area contributed by atoms with Crippen LogP contribution in [0.15, 0.2) is 6.20 Å². The van der Waals surface area contributed by atoms with Crippen LogP contribution in [0.25, 0.3) is 0 Å². The van der Waals surface area contributed by atoms with Crippen LogP contribution in [0.2, 0.25) is 0 Å². The van der Waals surface area contributed by atoms with Gasteiger partial charge in [0.15, 0.2) is 5.69 Å². The molecule has 0 unspecified atom stereocenters. The second kappa shape index (κ2) is 2.78. The van der Waals surface area contributed by atoms with Crippen molar-refractivity contribution in [2.45, 2.75) is 5.38 Å². The first-order chi connectivity index (χ1) is 5.41. The summed E-state index contributed by atoms with van der Waals surface area (Å²) in [6, 6.07) is 0. The van der Waals surface area contributed by atoms with Crippen molar-refractivity contribution in [2.75, 3.05) is 0 Å². The highest BCUT2D eigenvalue weighted by atomic mass is 35.5. The van der Waals surface area contributed by atoms with E-state index in [1.54, 1.807) is 0 Å². The van der Waals surface area contributed by atoms with Crippen molar-refractivity contribution >= 4 is 17.4 Å². The molecule has 7 heteroatoms. The highest BCUT2D eigenvalue weighted by Crippen LogP contribution is 2.22. The molecule has 0 fully saturated rings. The number of ketones is 1. The van der Waals surface area contributed by atoms with E-state index in [4.69, 9.17) is 0 Å². The monoisotopic (exact) mass is 195 g/mol. The van der Waals surface area contributed by atoms with Gasteiger partial charge in [-0.15, -0.1) is 5.10 Å². The Labute approximate surface area is 71.1 Å². The normalized spacial score (nSPS) is 11.7. The third-order valence-corrected chi connectivity index (χ3v) is 1.26. The highest BCUT2D eigenvalue weighted by molar-refractivity contribution is 6.34. The second-order valence-electron chi connectivity index (χ2n) is 2.10. The van der Waals surface area contributed by atoms with E-state index in [0.717, 1.165) is 10.9 Å². The minimum atomic E-state index is -3.91. The Bertz CT molecular complexity index is 306. The van der Waals surface area contributed by atoms with Crippen LogP contribution in [-0.4, -0.2) is 26.2 Å². The van der Waals surface area contributed by atoms with Crippen LogP contribution < -0.4 is 0 Å². The first kappa shape index (κ1) is 9.05. The number of carbonyl (C=O) groups is 1. The maximum atomic E-state index is 12.1. The molecule has 1 rings (SSSR count). The lowest BCUT2D eigenvalue weighted by Gasteiger charge is -2.01. The molecule has 0 aliphatic carbocycles. The summed E-state index contributed by atoms with van der Waals surface area (Å²) in [6.07, 6.45) is 1.07. The number of carbonyl (C=O) groups excluding carboxylic acids is 1. The lowest BCUT2D eigenvalue weighted by atomic mass is 10.3. The molecule has 1 aromatic rings. The Morgan fingerprint density at radius 1 is 1.75 bits per heavy atom. The average Bonchev–Trinajstić information content (AvgIpc) is 2.32. The summed E-state index contributed by atoms with van der Waals surface area (Å²) in [5, 5.41) is 2.58. The van der Waals surface area contributed by atoms with E-state index in [2.05, 4.69) is 21.9 Å². The minimum Gasteiger partial charge on any atom is -0.284 e. The molecule has 0 aliphatic rings. The molecule has 0 N–H and O–H groups in total. The van der Waals surface area contributed by atoms with E-state index in [0.29, 0.717) is 0 Å². The quantitative estimate of drug-likeness (QED) is 0.519. The zero-order valence-corrected chi connectivity index (χ0v) is 6.72. The van der Waals surface area contributed by atoms with Gasteiger partial charge < -0.3 is 0 Å². The number of halogens is 3. The number of alkyl halides is 3. The summed E-state index contributed by atoms with van der Waals surface area (Å²) in [4.78, 5) is 10.7. The molecule has 0 spiro atoms. The van der Waals surface area contributed by atoms with Crippen LogP contribution in [0, 0.1) is 0 Å². The largest absolute Gasteiger partial charge is 0.386 e. The molecule has 12 heavy (non-hydrogen) atoms. The fraction of sp³-hybridized carbons (Fsp3) is 0.400. The van der Waals surface area contributed by atoms with E-state index in [1.807, 2.05) is 0 Å². The van der Waals surface area contributed by atoms with Crippen molar-refractivity contribution in [3.8, 4) is 0 Å². The summed E-state index contributed by atoms with van der Waals surface area (Å²) in [7, 11) is 1.45. The Morgan fingerprint density at radius 3 is 2.67 bits per heavy atom. The third kappa shape index (κ3) is 1.76. The zero-order chi connectivity index (χ0) is 9.35. The molecule has 1 heterocycles. The molecule has 0 saturated heterocycles. The molecule has 0 aliphatic heterocycles. The number of hydrogen-bond acceptors (Lipinski definition) is 3. The summed E-state index contributed by atoms with van der Waals surface area (Å²) < 4.78 is 25.4. The number of hydrogen-bond donors (Lipinski definition) is 0. The fourth-order valence-corrected chi connectivity index (χ4v) is 0.693. The molecule has 0 amide bonds. The SMILES string of the molecule is Cn1cc(C(=O)C(F)(F)Cl)nn1. The van der Waals surface area contributed by atoms with E-state index in [9.17, 15) is 13.6 Å². The second-order valence-corrected chi connectivity index (χ2v) is 2.58. The molecular formula is C5H4ClF2N3O. The third-order valence-electron chi connectivity index (χ3n) is 1.09. The molecule has 0 atom stereocenters. The van der Waals surface area contributed by atoms with E-state index < -0.39 is 16.9 Å². The molecule has 0 radical (unpaired) electrons.